The lowest BCUT2D eigenvalue weighted by molar-refractivity contribution is -0.140. The highest BCUT2D eigenvalue weighted by Crippen LogP contribution is 2.21. The minimum atomic E-state index is -3.75. The number of rotatable bonds is 12. The first-order chi connectivity index (χ1) is 16.5. The van der Waals surface area contributed by atoms with Gasteiger partial charge in [0.1, 0.15) is 18.3 Å². The number of sulfonamides is 1. The number of carbonyl (C=O) groups is 2. The van der Waals surface area contributed by atoms with Crippen LogP contribution in [0, 0.1) is 6.92 Å². The van der Waals surface area contributed by atoms with Crippen molar-refractivity contribution in [3.8, 4) is 5.75 Å². The molecule has 2 amide bonds. The van der Waals surface area contributed by atoms with Gasteiger partial charge in [-0.05, 0) is 56.5 Å². The van der Waals surface area contributed by atoms with Gasteiger partial charge in [-0.15, -0.1) is 0 Å². The van der Waals surface area contributed by atoms with Gasteiger partial charge in [0, 0.05) is 12.6 Å². The monoisotopic (exact) mass is 503 g/mol. The van der Waals surface area contributed by atoms with Crippen molar-refractivity contribution in [2.75, 3.05) is 24.2 Å². The summed E-state index contributed by atoms with van der Waals surface area (Å²) < 4.78 is 31.6. The van der Waals surface area contributed by atoms with Gasteiger partial charge in [-0.3, -0.25) is 13.9 Å². The molecule has 0 radical (unpaired) electrons. The van der Waals surface area contributed by atoms with Crippen LogP contribution < -0.4 is 14.4 Å². The molecule has 0 unspecified atom stereocenters. The Balaban J connectivity index is 2.44. The molecule has 192 valence electrons. The van der Waals surface area contributed by atoms with E-state index in [9.17, 15) is 18.0 Å². The molecule has 0 saturated carbocycles. The SMILES string of the molecule is CC[C@H](C)NC(=O)[C@H](CC)N(Cc1cccc(OC)c1)C(=O)CN(c1ccc(C)cc1)S(C)(=O)=O. The van der Waals surface area contributed by atoms with E-state index in [0.29, 0.717) is 17.9 Å². The van der Waals surface area contributed by atoms with E-state index in [4.69, 9.17) is 4.74 Å². The van der Waals surface area contributed by atoms with Crippen molar-refractivity contribution in [1.29, 1.82) is 0 Å². The molecule has 2 atom stereocenters. The molecule has 1 N–H and O–H groups in total. The number of methoxy groups -OCH3 is 1. The lowest BCUT2D eigenvalue weighted by Gasteiger charge is -2.33. The van der Waals surface area contributed by atoms with Gasteiger partial charge >= 0.3 is 0 Å². The molecule has 8 nitrogen and oxygen atoms in total. The summed E-state index contributed by atoms with van der Waals surface area (Å²) in [5, 5.41) is 2.96. The Kier molecular flexibility index (Phi) is 10.1. The van der Waals surface area contributed by atoms with Crippen LogP contribution >= 0.6 is 0 Å². The predicted octanol–water partition coefficient (Wildman–Crippen LogP) is 3.49. The number of aryl methyl sites for hydroxylation is 1. The maximum absolute atomic E-state index is 13.7. The van der Waals surface area contributed by atoms with E-state index >= 15 is 0 Å². The van der Waals surface area contributed by atoms with Crippen molar-refractivity contribution in [1.82, 2.24) is 10.2 Å². The van der Waals surface area contributed by atoms with Crippen molar-refractivity contribution in [2.45, 2.75) is 59.2 Å². The van der Waals surface area contributed by atoms with Crippen molar-refractivity contribution in [3.05, 3.63) is 59.7 Å². The summed E-state index contributed by atoms with van der Waals surface area (Å²) in [4.78, 5) is 28.3. The Morgan fingerprint density at radius 2 is 1.71 bits per heavy atom. The molecule has 0 aliphatic carbocycles. The molecular weight excluding hydrogens is 466 g/mol. The Labute approximate surface area is 209 Å². The van der Waals surface area contributed by atoms with Crippen LogP contribution in [0.2, 0.25) is 0 Å². The molecule has 0 aliphatic rings. The van der Waals surface area contributed by atoms with E-state index < -0.39 is 28.5 Å². The highest BCUT2D eigenvalue weighted by Gasteiger charge is 2.32. The third-order valence-corrected chi connectivity index (χ3v) is 7.02. The molecule has 0 heterocycles. The highest BCUT2D eigenvalue weighted by molar-refractivity contribution is 7.92. The zero-order chi connectivity index (χ0) is 26.2. The van der Waals surface area contributed by atoms with Gasteiger partial charge in [0.25, 0.3) is 0 Å². The van der Waals surface area contributed by atoms with Gasteiger partial charge < -0.3 is 15.0 Å². The zero-order valence-electron chi connectivity index (χ0n) is 21.4. The minimum absolute atomic E-state index is 0.0506. The van der Waals surface area contributed by atoms with Gasteiger partial charge in [-0.1, -0.05) is 43.7 Å². The predicted molar refractivity (Wildman–Crippen MR) is 139 cm³/mol. The number of benzene rings is 2. The van der Waals surface area contributed by atoms with Crippen molar-refractivity contribution in [3.63, 3.8) is 0 Å². The van der Waals surface area contributed by atoms with Crippen molar-refractivity contribution >= 4 is 27.5 Å². The van der Waals surface area contributed by atoms with Crippen LogP contribution in [0.1, 0.15) is 44.7 Å². The Morgan fingerprint density at radius 3 is 2.26 bits per heavy atom. The molecule has 0 spiro atoms. The van der Waals surface area contributed by atoms with Crippen molar-refractivity contribution < 1.29 is 22.7 Å². The third-order valence-electron chi connectivity index (χ3n) is 5.88. The summed E-state index contributed by atoms with van der Waals surface area (Å²) in [6.45, 7) is 7.32. The number of amides is 2. The van der Waals surface area contributed by atoms with Crippen LogP contribution in [0.3, 0.4) is 0 Å². The van der Waals surface area contributed by atoms with Crippen LogP contribution in [0.5, 0.6) is 5.75 Å². The first kappa shape index (κ1) is 28.2. The molecule has 2 rings (SSSR count). The quantitative estimate of drug-likeness (QED) is 0.478. The molecule has 35 heavy (non-hydrogen) atoms. The summed E-state index contributed by atoms with van der Waals surface area (Å²) >= 11 is 0. The summed E-state index contributed by atoms with van der Waals surface area (Å²) in [5.74, 6) is -0.103. The molecule has 0 aromatic heterocycles. The highest BCUT2D eigenvalue weighted by atomic mass is 32.2. The summed E-state index contributed by atoms with van der Waals surface area (Å²) in [6, 6.07) is 13.4. The zero-order valence-corrected chi connectivity index (χ0v) is 22.3. The Bertz CT molecular complexity index is 1100. The number of carbonyl (C=O) groups excluding carboxylic acids is 2. The van der Waals surface area contributed by atoms with E-state index in [2.05, 4.69) is 5.32 Å². The van der Waals surface area contributed by atoms with Gasteiger partial charge in [0.05, 0.1) is 19.1 Å². The fourth-order valence-corrected chi connectivity index (χ4v) is 4.50. The first-order valence-corrected chi connectivity index (χ1v) is 13.6. The van der Waals surface area contributed by atoms with E-state index in [1.54, 1.807) is 43.5 Å². The van der Waals surface area contributed by atoms with Crippen LogP contribution in [0.15, 0.2) is 48.5 Å². The normalized spacial score (nSPS) is 13.0. The second-order valence-electron chi connectivity index (χ2n) is 8.72. The summed E-state index contributed by atoms with van der Waals surface area (Å²) in [6.07, 6.45) is 2.20. The Morgan fingerprint density at radius 1 is 1.06 bits per heavy atom. The van der Waals surface area contributed by atoms with Crippen LogP contribution in [0.4, 0.5) is 5.69 Å². The summed E-state index contributed by atoms with van der Waals surface area (Å²) in [5.41, 5.74) is 2.14. The summed E-state index contributed by atoms with van der Waals surface area (Å²) in [7, 11) is -2.20. The first-order valence-electron chi connectivity index (χ1n) is 11.8. The van der Waals surface area contributed by atoms with Crippen LogP contribution in [-0.4, -0.2) is 57.1 Å². The second kappa shape index (κ2) is 12.6. The average molecular weight is 504 g/mol. The number of hydrogen-bond donors (Lipinski definition) is 1. The minimum Gasteiger partial charge on any atom is -0.497 e. The van der Waals surface area contributed by atoms with Gasteiger partial charge in [0.2, 0.25) is 21.8 Å². The maximum Gasteiger partial charge on any atom is 0.244 e. The topological polar surface area (TPSA) is 96.0 Å². The number of hydrogen-bond acceptors (Lipinski definition) is 5. The fraction of sp³-hybridized carbons (Fsp3) is 0.462. The molecule has 0 bridgehead atoms. The van der Waals surface area contributed by atoms with Crippen LogP contribution in [0.25, 0.3) is 0 Å². The molecular formula is C26H37N3O5S. The molecule has 0 saturated heterocycles. The third kappa shape index (κ3) is 7.99. The largest absolute Gasteiger partial charge is 0.497 e. The van der Waals surface area contributed by atoms with E-state index in [1.165, 1.54) is 4.90 Å². The average Bonchev–Trinajstić information content (AvgIpc) is 2.82. The lowest BCUT2D eigenvalue weighted by Crippen LogP contribution is -2.53. The number of ether oxygens (including phenoxy) is 1. The van der Waals surface area contributed by atoms with E-state index in [1.807, 2.05) is 39.8 Å². The standard InChI is InChI=1S/C26H37N3O5S/c1-7-20(4)27-26(31)24(8-2)28(17-21-10-9-11-23(16-21)34-5)25(30)18-29(35(6,32)33)22-14-12-19(3)13-15-22/h9-16,20,24H,7-8,17-18H2,1-6H3,(H,27,31)/t20-,24-/m0/s1. The molecule has 0 fully saturated rings. The fourth-order valence-electron chi connectivity index (χ4n) is 3.65. The number of anilines is 1. The number of nitrogens with zero attached hydrogens (tertiary/aromatic N) is 2. The molecule has 9 heteroatoms. The Hall–Kier alpha value is -3.07. The molecule has 2 aromatic rings. The second-order valence-corrected chi connectivity index (χ2v) is 10.6. The van der Waals surface area contributed by atoms with Gasteiger partial charge in [-0.25, -0.2) is 8.42 Å². The van der Waals surface area contributed by atoms with E-state index in [0.717, 1.165) is 28.1 Å². The van der Waals surface area contributed by atoms with Gasteiger partial charge in [-0.2, -0.15) is 0 Å². The maximum atomic E-state index is 13.7. The van der Waals surface area contributed by atoms with Gasteiger partial charge in [0.15, 0.2) is 0 Å². The number of nitrogens with one attached hydrogen (secondary N) is 1. The molecule has 2 aromatic carbocycles. The lowest BCUT2D eigenvalue weighted by atomic mass is 10.1. The smallest absolute Gasteiger partial charge is 0.244 e. The molecule has 0 aliphatic heterocycles. The van der Waals surface area contributed by atoms with E-state index in [-0.39, 0.29) is 18.5 Å². The van der Waals surface area contributed by atoms with Crippen LogP contribution in [-0.2, 0) is 26.2 Å². The van der Waals surface area contributed by atoms with Crippen molar-refractivity contribution in [2.24, 2.45) is 0 Å².